The Morgan fingerprint density at radius 3 is 2.50 bits per heavy atom. The zero-order chi connectivity index (χ0) is 17.8. The summed E-state index contributed by atoms with van der Waals surface area (Å²) >= 11 is 0. The quantitative estimate of drug-likeness (QED) is 0.740. The van der Waals surface area contributed by atoms with Crippen molar-refractivity contribution in [2.45, 2.75) is 0 Å². The SMILES string of the molecule is O=C(NCC1CN(c2ccc(-c3ccncc3)nn2)C1)c1ncccn1. The van der Waals surface area contributed by atoms with Crippen molar-refractivity contribution >= 4 is 11.7 Å². The Hall–Kier alpha value is -3.42. The Labute approximate surface area is 150 Å². The maximum Gasteiger partial charge on any atom is 0.289 e. The van der Waals surface area contributed by atoms with Crippen molar-refractivity contribution < 1.29 is 4.79 Å². The summed E-state index contributed by atoms with van der Waals surface area (Å²) in [5, 5.41) is 11.5. The number of hydrogen-bond donors (Lipinski definition) is 1. The molecule has 0 spiro atoms. The van der Waals surface area contributed by atoms with Crippen molar-refractivity contribution in [3.05, 3.63) is 60.9 Å². The summed E-state index contributed by atoms with van der Waals surface area (Å²) in [7, 11) is 0. The second-order valence-electron chi connectivity index (χ2n) is 6.07. The molecule has 1 saturated heterocycles. The van der Waals surface area contributed by atoms with Crippen LogP contribution in [0.15, 0.2) is 55.1 Å². The first-order valence-electron chi connectivity index (χ1n) is 8.34. The van der Waals surface area contributed by atoms with Crippen LogP contribution in [-0.4, -0.2) is 50.7 Å². The first-order chi connectivity index (χ1) is 12.8. The summed E-state index contributed by atoms with van der Waals surface area (Å²) in [6.07, 6.45) is 6.59. The van der Waals surface area contributed by atoms with Crippen molar-refractivity contribution in [2.24, 2.45) is 5.92 Å². The minimum Gasteiger partial charge on any atom is -0.354 e. The van der Waals surface area contributed by atoms with Gasteiger partial charge in [-0.15, -0.1) is 10.2 Å². The van der Waals surface area contributed by atoms with Crippen molar-refractivity contribution in [2.75, 3.05) is 24.5 Å². The fourth-order valence-electron chi connectivity index (χ4n) is 2.79. The van der Waals surface area contributed by atoms with Crippen molar-refractivity contribution in [1.29, 1.82) is 0 Å². The lowest BCUT2D eigenvalue weighted by atomic mass is 10.0. The highest BCUT2D eigenvalue weighted by atomic mass is 16.2. The third kappa shape index (κ3) is 3.49. The van der Waals surface area contributed by atoms with Gasteiger partial charge in [0.1, 0.15) is 0 Å². The Morgan fingerprint density at radius 2 is 1.81 bits per heavy atom. The van der Waals surface area contributed by atoms with E-state index in [1.807, 2.05) is 24.3 Å². The van der Waals surface area contributed by atoms with Gasteiger partial charge >= 0.3 is 0 Å². The predicted molar refractivity (Wildman–Crippen MR) is 95.3 cm³/mol. The molecule has 0 aromatic carbocycles. The number of amides is 1. The number of aromatic nitrogens is 5. The molecule has 0 saturated carbocycles. The van der Waals surface area contributed by atoms with Gasteiger partial charge < -0.3 is 10.2 Å². The number of carbonyl (C=O) groups excluding carboxylic acids is 1. The molecular formula is C18H17N7O. The molecule has 1 aliphatic rings. The smallest absolute Gasteiger partial charge is 0.289 e. The van der Waals surface area contributed by atoms with Crippen LogP contribution in [0.5, 0.6) is 0 Å². The topological polar surface area (TPSA) is 96.8 Å². The van der Waals surface area contributed by atoms with Crippen LogP contribution < -0.4 is 10.2 Å². The van der Waals surface area contributed by atoms with E-state index in [1.54, 1.807) is 30.9 Å². The first kappa shape index (κ1) is 16.1. The lowest BCUT2D eigenvalue weighted by Gasteiger charge is -2.39. The van der Waals surface area contributed by atoms with E-state index in [9.17, 15) is 4.79 Å². The second-order valence-corrected chi connectivity index (χ2v) is 6.07. The molecule has 8 nitrogen and oxygen atoms in total. The van der Waals surface area contributed by atoms with E-state index < -0.39 is 0 Å². The highest BCUT2D eigenvalue weighted by Gasteiger charge is 2.28. The number of rotatable bonds is 5. The number of nitrogens with zero attached hydrogens (tertiary/aromatic N) is 6. The van der Waals surface area contributed by atoms with Crippen molar-refractivity contribution in [1.82, 2.24) is 30.5 Å². The highest BCUT2D eigenvalue weighted by molar-refractivity contribution is 5.90. The van der Waals surface area contributed by atoms with E-state index in [4.69, 9.17) is 0 Å². The molecule has 3 aromatic heterocycles. The highest BCUT2D eigenvalue weighted by Crippen LogP contribution is 2.23. The van der Waals surface area contributed by atoms with Crippen LogP contribution >= 0.6 is 0 Å². The van der Waals surface area contributed by atoms with Crippen LogP contribution in [0.1, 0.15) is 10.6 Å². The molecule has 0 atom stereocenters. The van der Waals surface area contributed by atoms with Gasteiger partial charge in [-0.25, -0.2) is 9.97 Å². The van der Waals surface area contributed by atoms with E-state index in [1.165, 1.54) is 0 Å². The largest absolute Gasteiger partial charge is 0.354 e. The molecule has 0 radical (unpaired) electrons. The zero-order valence-corrected chi connectivity index (χ0v) is 14.0. The average Bonchev–Trinajstić information content (AvgIpc) is 2.68. The Balaban J connectivity index is 1.28. The Bertz CT molecular complexity index is 865. The summed E-state index contributed by atoms with van der Waals surface area (Å²) in [4.78, 5) is 26.0. The molecule has 8 heteroatoms. The summed E-state index contributed by atoms with van der Waals surface area (Å²) in [5.41, 5.74) is 1.81. The summed E-state index contributed by atoms with van der Waals surface area (Å²) in [6.45, 7) is 2.26. The molecule has 4 rings (SSSR count). The van der Waals surface area contributed by atoms with E-state index in [0.717, 1.165) is 30.2 Å². The molecule has 1 amide bonds. The predicted octanol–water partition coefficient (Wildman–Crippen LogP) is 1.19. The van der Waals surface area contributed by atoms with Gasteiger partial charge in [0, 0.05) is 55.9 Å². The monoisotopic (exact) mass is 347 g/mol. The van der Waals surface area contributed by atoms with E-state index in [2.05, 4.69) is 35.4 Å². The molecule has 4 heterocycles. The maximum atomic E-state index is 11.9. The van der Waals surface area contributed by atoms with Crippen LogP contribution in [0.2, 0.25) is 0 Å². The number of carbonyl (C=O) groups is 1. The van der Waals surface area contributed by atoms with Crippen LogP contribution in [0.3, 0.4) is 0 Å². The van der Waals surface area contributed by atoms with Gasteiger partial charge in [-0.2, -0.15) is 0 Å². The minimum absolute atomic E-state index is 0.196. The van der Waals surface area contributed by atoms with Crippen molar-refractivity contribution in [3.63, 3.8) is 0 Å². The van der Waals surface area contributed by atoms with Crippen LogP contribution in [0.25, 0.3) is 11.3 Å². The van der Waals surface area contributed by atoms with Crippen LogP contribution in [0, 0.1) is 5.92 Å². The van der Waals surface area contributed by atoms with E-state index >= 15 is 0 Å². The minimum atomic E-state index is -0.245. The number of nitrogens with one attached hydrogen (secondary N) is 1. The van der Waals surface area contributed by atoms with Gasteiger partial charge in [0.15, 0.2) is 5.82 Å². The lowest BCUT2D eigenvalue weighted by molar-refractivity contribution is 0.0934. The molecule has 1 aliphatic heterocycles. The molecule has 0 aliphatic carbocycles. The lowest BCUT2D eigenvalue weighted by Crippen LogP contribution is -2.52. The fraction of sp³-hybridized carbons (Fsp3) is 0.222. The second kappa shape index (κ2) is 7.22. The maximum absolute atomic E-state index is 11.9. The standard InChI is InChI=1S/C18H17N7O/c26-18(17-20-6-1-7-21-17)22-10-13-11-25(12-13)16-3-2-15(23-24-16)14-4-8-19-9-5-14/h1-9,13H,10-12H2,(H,22,26). The molecule has 26 heavy (non-hydrogen) atoms. The van der Waals surface area contributed by atoms with E-state index in [0.29, 0.717) is 12.5 Å². The molecule has 130 valence electrons. The van der Waals surface area contributed by atoms with Gasteiger partial charge in [0.05, 0.1) is 5.69 Å². The summed E-state index contributed by atoms with van der Waals surface area (Å²) in [6, 6.07) is 9.42. The zero-order valence-electron chi connectivity index (χ0n) is 14.0. The number of hydrogen-bond acceptors (Lipinski definition) is 7. The summed E-state index contributed by atoms with van der Waals surface area (Å²) < 4.78 is 0. The Kier molecular flexibility index (Phi) is 4.46. The molecule has 0 unspecified atom stereocenters. The molecule has 1 fully saturated rings. The number of anilines is 1. The molecule has 1 N–H and O–H groups in total. The molecular weight excluding hydrogens is 330 g/mol. The van der Waals surface area contributed by atoms with Gasteiger partial charge in [0.25, 0.3) is 5.91 Å². The van der Waals surface area contributed by atoms with Gasteiger partial charge in [-0.3, -0.25) is 9.78 Å². The van der Waals surface area contributed by atoms with Gasteiger partial charge in [-0.05, 0) is 30.3 Å². The fourth-order valence-corrected chi connectivity index (χ4v) is 2.79. The van der Waals surface area contributed by atoms with Crippen LogP contribution in [-0.2, 0) is 0 Å². The van der Waals surface area contributed by atoms with Crippen molar-refractivity contribution in [3.8, 4) is 11.3 Å². The Morgan fingerprint density at radius 1 is 1.04 bits per heavy atom. The first-order valence-corrected chi connectivity index (χ1v) is 8.34. The van der Waals surface area contributed by atoms with Gasteiger partial charge in [-0.1, -0.05) is 0 Å². The average molecular weight is 347 g/mol. The van der Waals surface area contributed by atoms with E-state index in [-0.39, 0.29) is 11.7 Å². The third-order valence-corrected chi connectivity index (χ3v) is 4.23. The third-order valence-electron chi connectivity index (χ3n) is 4.23. The molecule has 0 bridgehead atoms. The summed E-state index contributed by atoms with van der Waals surface area (Å²) in [5.74, 6) is 1.17. The normalized spacial score (nSPS) is 13.9. The number of pyridine rings is 1. The van der Waals surface area contributed by atoms with Gasteiger partial charge in [0.2, 0.25) is 5.82 Å². The molecule has 3 aromatic rings. The van der Waals surface area contributed by atoms with Crippen LogP contribution in [0.4, 0.5) is 5.82 Å².